The highest BCUT2D eigenvalue weighted by atomic mass is 35.5. The molecule has 1 saturated carbocycles. The van der Waals surface area contributed by atoms with Gasteiger partial charge in [0.1, 0.15) is 0 Å². The van der Waals surface area contributed by atoms with Gasteiger partial charge in [-0.25, -0.2) is 4.98 Å². The van der Waals surface area contributed by atoms with Crippen molar-refractivity contribution in [3.8, 4) is 0 Å². The number of benzene rings is 1. The number of carbonyl (C=O) groups is 1. The van der Waals surface area contributed by atoms with Gasteiger partial charge in [0.25, 0.3) is 5.56 Å². The fraction of sp³-hybridized carbons (Fsp3) is 0.591. The van der Waals surface area contributed by atoms with E-state index in [1.165, 1.54) is 11.8 Å². The van der Waals surface area contributed by atoms with E-state index in [-0.39, 0.29) is 28.9 Å². The van der Waals surface area contributed by atoms with Crippen LogP contribution in [-0.4, -0.2) is 39.5 Å². The van der Waals surface area contributed by atoms with Gasteiger partial charge >= 0.3 is 0 Å². The van der Waals surface area contributed by atoms with Crippen molar-refractivity contribution in [3.63, 3.8) is 0 Å². The number of nitrogens with one attached hydrogen (secondary N) is 1. The molecule has 1 fully saturated rings. The van der Waals surface area contributed by atoms with Crippen LogP contribution in [0.25, 0.3) is 10.9 Å². The first-order valence-electron chi connectivity index (χ1n) is 10.6. The van der Waals surface area contributed by atoms with Crippen molar-refractivity contribution >= 4 is 40.2 Å². The Hall–Kier alpha value is -1.57. The Morgan fingerprint density at radius 1 is 1.33 bits per heavy atom. The number of hydrogen-bond donors (Lipinski definition) is 1. The van der Waals surface area contributed by atoms with Gasteiger partial charge in [-0.05, 0) is 58.2 Å². The van der Waals surface area contributed by atoms with Gasteiger partial charge in [-0.1, -0.05) is 36.2 Å². The van der Waals surface area contributed by atoms with Crippen LogP contribution in [0.3, 0.4) is 0 Å². The zero-order valence-corrected chi connectivity index (χ0v) is 19.4. The lowest BCUT2D eigenvalue weighted by molar-refractivity contribution is -0.120. The standard InChI is InChI=1S/C22H30ClN3O3S/c1-14(2)29-12-6-11-26-21(28)18-10-9-16(23)13-19(18)25-22(26)30-15(3)20(27)24-17-7-4-5-8-17/h9-10,13-15,17H,4-8,11-12H2,1-3H3,(H,24,27). The number of aromatic nitrogens is 2. The molecule has 1 aliphatic carbocycles. The molecule has 30 heavy (non-hydrogen) atoms. The topological polar surface area (TPSA) is 73.2 Å². The molecule has 1 aliphatic rings. The number of thioether (sulfide) groups is 1. The van der Waals surface area contributed by atoms with Gasteiger partial charge < -0.3 is 10.1 Å². The highest BCUT2D eigenvalue weighted by molar-refractivity contribution is 8.00. The van der Waals surface area contributed by atoms with Crippen LogP contribution in [0.4, 0.5) is 0 Å². The first-order valence-corrected chi connectivity index (χ1v) is 11.9. The highest BCUT2D eigenvalue weighted by Gasteiger charge is 2.23. The maximum absolute atomic E-state index is 13.1. The van der Waals surface area contributed by atoms with Crippen molar-refractivity contribution in [3.05, 3.63) is 33.6 Å². The van der Waals surface area contributed by atoms with Crippen LogP contribution in [0.1, 0.15) is 52.9 Å². The van der Waals surface area contributed by atoms with Crippen molar-refractivity contribution in [1.82, 2.24) is 14.9 Å². The summed E-state index contributed by atoms with van der Waals surface area (Å²) in [4.78, 5) is 30.5. The number of hydrogen-bond acceptors (Lipinski definition) is 5. The summed E-state index contributed by atoms with van der Waals surface area (Å²) >= 11 is 7.43. The summed E-state index contributed by atoms with van der Waals surface area (Å²) < 4.78 is 7.27. The minimum atomic E-state index is -0.354. The van der Waals surface area contributed by atoms with Crippen LogP contribution < -0.4 is 10.9 Å². The van der Waals surface area contributed by atoms with Crippen LogP contribution in [0.5, 0.6) is 0 Å². The van der Waals surface area contributed by atoms with E-state index < -0.39 is 0 Å². The molecule has 1 unspecified atom stereocenters. The van der Waals surface area contributed by atoms with Gasteiger partial charge in [0.05, 0.1) is 22.3 Å². The smallest absolute Gasteiger partial charge is 0.262 e. The van der Waals surface area contributed by atoms with Crippen molar-refractivity contribution in [2.24, 2.45) is 0 Å². The summed E-state index contributed by atoms with van der Waals surface area (Å²) in [6.07, 6.45) is 5.24. The number of halogens is 1. The third kappa shape index (κ3) is 5.99. The molecule has 1 aromatic heterocycles. The summed E-state index contributed by atoms with van der Waals surface area (Å²) in [5.41, 5.74) is 0.431. The van der Waals surface area contributed by atoms with Crippen LogP contribution in [0, 0.1) is 0 Å². The Kier molecular flexibility index (Phi) is 8.20. The number of carbonyl (C=O) groups excluding carboxylic acids is 1. The largest absolute Gasteiger partial charge is 0.379 e. The van der Waals surface area contributed by atoms with Gasteiger partial charge in [0.15, 0.2) is 5.16 Å². The molecule has 0 aliphatic heterocycles. The molecule has 1 heterocycles. The Bertz CT molecular complexity index is 941. The molecular formula is C22H30ClN3O3S. The minimum absolute atomic E-state index is 0.0120. The number of ether oxygens (including phenoxy) is 1. The third-order valence-corrected chi connectivity index (χ3v) is 6.54. The Balaban J connectivity index is 1.83. The highest BCUT2D eigenvalue weighted by Crippen LogP contribution is 2.25. The van der Waals surface area contributed by atoms with Gasteiger partial charge in [0, 0.05) is 24.2 Å². The molecule has 3 rings (SSSR count). The summed E-state index contributed by atoms with van der Waals surface area (Å²) in [5, 5.41) is 4.36. The van der Waals surface area contributed by atoms with Gasteiger partial charge in [-0.15, -0.1) is 0 Å². The second-order valence-corrected chi connectivity index (χ2v) is 9.78. The minimum Gasteiger partial charge on any atom is -0.379 e. The number of fused-ring (bicyclic) bond motifs is 1. The molecule has 1 aromatic carbocycles. The fourth-order valence-corrected chi connectivity index (χ4v) is 4.71. The van der Waals surface area contributed by atoms with Crippen molar-refractivity contribution in [2.75, 3.05) is 6.61 Å². The lowest BCUT2D eigenvalue weighted by atomic mass is 10.2. The van der Waals surface area contributed by atoms with E-state index in [1.54, 1.807) is 22.8 Å². The fourth-order valence-electron chi connectivity index (χ4n) is 3.60. The molecule has 0 radical (unpaired) electrons. The Morgan fingerprint density at radius 3 is 2.77 bits per heavy atom. The van der Waals surface area contributed by atoms with E-state index in [9.17, 15) is 9.59 Å². The van der Waals surface area contributed by atoms with E-state index in [0.29, 0.717) is 40.7 Å². The lowest BCUT2D eigenvalue weighted by Crippen LogP contribution is -2.38. The summed E-state index contributed by atoms with van der Waals surface area (Å²) in [7, 11) is 0. The van der Waals surface area contributed by atoms with Crippen LogP contribution >= 0.6 is 23.4 Å². The Morgan fingerprint density at radius 2 is 2.07 bits per heavy atom. The molecule has 0 saturated heterocycles. The third-order valence-electron chi connectivity index (χ3n) is 5.21. The second kappa shape index (κ2) is 10.6. The average molecular weight is 452 g/mol. The summed E-state index contributed by atoms with van der Waals surface area (Å²) in [6, 6.07) is 5.36. The SMILES string of the molecule is CC(C)OCCCn1c(SC(C)C(=O)NC2CCCC2)nc2cc(Cl)ccc2c1=O. The monoisotopic (exact) mass is 451 g/mol. The molecular weight excluding hydrogens is 422 g/mol. The van der Waals surface area contributed by atoms with Gasteiger partial charge in [-0.3, -0.25) is 14.2 Å². The van der Waals surface area contributed by atoms with Crippen molar-refractivity contribution in [1.29, 1.82) is 0 Å². The number of amides is 1. The molecule has 1 atom stereocenters. The summed E-state index contributed by atoms with van der Waals surface area (Å²) in [5.74, 6) is -0.0120. The lowest BCUT2D eigenvalue weighted by Gasteiger charge is -2.18. The van der Waals surface area contributed by atoms with Crippen LogP contribution in [0.15, 0.2) is 28.2 Å². The van der Waals surface area contributed by atoms with E-state index in [0.717, 1.165) is 25.7 Å². The molecule has 0 spiro atoms. The second-order valence-electron chi connectivity index (χ2n) is 8.04. The predicted octanol–water partition coefficient (Wildman–Crippen LogP) is 4.40. The molecule has 8 heteroatoms. The average Bonchev–Trinajstić information content (AvgIpc) is 3.19. The summed E-state index contributed by atoms with van der Waals surface area (Å²) in [6.45, 7) is 6.87. The van der Waals surface area contributed by atoms with Crippen LogP contribution in [0.2, 0.25) is 5.02 Å². The molecule has 1 amide bonds. The molecule has 0 bridgehead atoms. The molecule has 6 nitrogen and oxygen atoms in total. The normalized spacial score (nSPS) is 15.8. The molecule has 1 N–H and O–H groups in total. The van der Waals surface area contributed by atoms with E-state index >= 15 is 0 Å². The number of rotatable bonds is 9. The first-order chi connectivity index (χ1) is 14.3. The van der Waals surface area contributed by atoms with E-state index in [1.807, 2.05) is 20.8 Å². The first kappa shape index (κ1) is 23.1. The van der Waals surface area contributed by atoms with E-state index in [2.05, 4.69) is 10.3 Å². The zero-order valence-electron chi connectivity index (χ0n) is 17.8. The predicted molar refractivity (Wildman–Crippen MR) is 122 cm³/mol. The quantitative estimate of drug-likeness (QED) is 0.347. The maximum Gasteiger partial charge on any atom is 0.262 e. The zero-order chi connectivity index (χ0) is 21.7. The van der Waals surface area contributed by atoms with Crippen LogP contribution in [-0.2, 0) is 16.1 Å². The molecule has 164 valence electrons. The number of nitrogens with zero attached hydrogens (tertiary/aromatic N) is 2. The van der Waals surface area contributed by atoms with Crippen molar-refractivity contribution < 1.29 is 9.53 Å². The van der Waals surface area contributed by atoms with E-state index in [4.69, 9.17) is 16.3 Å². The van der Waals surface area contributed by atoms with Gasteiger partial charge in [0.2, 0.25) is 5.91 Å². The molecule has 2 aromatic rings. The maximum atomic E-state index is 13.1. The Labute approximate surface area is 186 Å². The van der Waals surface area contributed by atoms with Gasteiger partial charge in [-0.2, -0.15) is 0 Å². The van der Waals surface area contributed by atoms with Crippen molar-refractivity contribution in [2.45, 2.75) is 82.0 Å².